The van der Waals surface area contributed by atoms with E-state index in [1.165, 1.54) is 22.9 Å². The number of benzene rings is 1. The van der Waals surface area contributed by atoms with Crippen molar-refractivity contribution < 1.29 is 5.11 Å². The number of fused-ring (bicyclic) bond motifs is 1. The van der Waals surface area contributed by atoms with E-state index >= 15 is 0 Å². The molecule has 1 aliphatic heterocycles. The smallest absolute Gasteiger partial charge is 0.0956 e. The molecule has 2 nitrogen and oxygen atoms in total. The maximum atomic E-state index is 10.6. The first kappa shape index (κ1) is 12.6. The van der Waals surface area contributed by atoms with E-state index in [2.05, 4.69) is 32.7 Å². The summed E-state index contributed by atoms with van der Waals surface area (Å²) in [6, 6.07) is 6.38. The lowest BCUT2D eigenvalue weighted by Crippen LogP contribution is -2.38. The highest BCUT2D eigenvalue weighted by Crippen LogP contribution is 2.36. The zero-order valence-corrected chi connectivity index (χ0v) is 12.4. The molecule has 4 heteroatoms. The van der Waals surface area contributed by atoms with Crippen molar-refractivity contribution in [2.24, 2.45) is 0 Å². The fraction of sp³-hybridized carbons (Fsp3) is 0.429. The van der Waals surface area contributed by atoms with Gasteiger partial charge < -0.3 is 10.4 Å². The summed E-state index contributed by atoms with van der Waals surface area (Å²) in [4.78, 5) is 0. The second-order valence-electron chi connectivity index (χ2n) is 4.81. The highest BCUT2D eigenvalue weighted by Gasteiger charge is 2.24. The Morgan fingerprint density at radius 2 is 2.28 bits per heavy atom. The molecule has 96 valence electrons. The van der Waals surface area contributed by atoms with Crippen molar-refractivity contribution in [1.29, 1.82) is 0 Å². The Bertz CT molecular complexity index is 548. The van der Waals surface area contributed by atoms with Crippen molar-refractivity contribution >= 4 is 37.4 Å². The second-order valence-corrected chi connectivity index (χ2v) is 6.54. The fourth-order valence-electron chi connectivity index (χ4n) is 2.64. The first-order chi connectivity index (χ1) is 8.77. The molecule has 0 bridgehead atoms. The minimum absolute atomic E-state index is 0.204. The minimum Gasteiger partial charge on any atom is -0.387 e. The predicted octanol–water partition coefficient (Wildman–Crippen LogP) is 3.84. The van der Waals surface area contributed by atoms with Gasteiger partial charge in [0, 0.05) is 20.8 Å². The summed E-state index contributed by atoms with van der Waals surface area (Å²) in [6.45, 7) is 1.02. The Morgan fingerprint density at radius 3 is 3.06 bits per heavy atom. The molecule has 1 aromatic carbocycles. The molecule has 2 N–H and O–H groups in total. The molecule has 1 saturated heterocycles. The van der Waals surface area contributed by atoms with Gasteiger partial charge in [-0.05, 0) is 52.1 Å². The Kier molecular flexibility index (Phi) is 3.71. The van der Waals surface area contributed by atoms with E-state index in [9.17, 15) is 5.11 Å². The Morgan fingerprint density at radius 1 is 1.39 bits per heavy atom. The summed E-state index contributed by atoms with van der Waals surface area (Å²) in [5.41, 5.74) is 1.07. The van der Waals surface area contributed by atoms with Crippen LogP contribution in [0.5, 0.6) is 0 Å². The molecule has 1 aromatic heterocycles. The molecule has 0 radical (unpaired) electrons. The van der Waals surface area contributed by atoms with Crippen LogP contribution < -0.4 is 5.32 Å². The summed E-state index contributed by atoms with van der Waals surface area (Å²) in [5, 5.41) is 17.3. The normalized spacial score (nSPS) is 22.2. The van der Waals surface area contributed by atoms with E-state index in [1.807, 2.05) is 12.1 Å². The van der Waals surface area contributed by atoms with Gasteiger partial charge in [0.15, 0.2) is 0 Å². The van der Waals surface area contributed by atoms with Gasteiger partial charge in [-0.1, -0.05) is 18.6 Å². The van der Waals surface area contributed by atoms with E-state index < -0.39 is 6.10 Å². The van der Waals surface area contributed by atoms with Crippen LogP contribution in [0.15, 0.2) is 28.1 Å². The third kappa shape index (κ3) is 2.23. The lowest BCUT2D eigenvalue weighted by molar-refractivity contribution is 0.115. The van der Waals surface area contributed by atoms with Gasteiger partial charge in [-0.15, -0.1) is 11.3 Å². The van der Waals surface area contributed by atoms with Gasteiger partial charge in [0.05, 0.1) is 6.10 Å². The lowest BCUT2D eigenvalue weighted by atomic mass is 9.95. The van der Waals surface area contributed by atoms with Gasteiger partial charge in [0.1, 0.15) is 0 Å². The van der Waals surface area contributed by atoms with Crippen LogP contribution >= 0.6 is 27.3 Å². The molecule has 2 atom stereocenters. The zero-order valence-electron chi connectivity index (χ0n) is 10.0. The number of thiophene rings is 1. The summed E-state index contributed by atoms with van der Waals surface area (Å²) in [7, 11) is 0. The number of piperidine rings is 1. The third-order valence-electron chi connectivity index (χ3n) is 3.63. The van der Waals surface area contributed by atoms with Crippen molar-refractivity contribution in [3.8, 4) is 0 Å². The number of rotatable bonds is 2. The molecule has 1 aliphatic rings. The van der Waals surface area contributed by atoms with Gasteiger partial charge in [0.2, 0.25) is 0 Å². The van der Waals surface area contributed by atoms with Crippen LogP contribution in [0.25, 0.3) is 10.1 Å². The standard InChI is InChI=1S/C14H16BrNOS/c15-11-5-3-4-9-10(8-18-14(9)11)13(17)12-6-1-2-7-16-12/h3-5,8,12-13,16-17H,1-2,6-7H2. The number of hydrogen-bond acceptors (Lipinski definition) is 3. The second kappa shape index (κ2) is 5.29. The number of aliphatic hydroxyl groups excluding tert-OH is 1. The molecular formula is C14H16BrNOS. The van der Waals surface area contributed by atoms with E-state index in [0.29, 0.717) is 0 Å². The van der Waals surface area contributed by atoms with Crippen LogP contribution in [-0.2, 0) is 0 Å². The molecule has 2 heterocycles. The first-order valence-corrected chi connectivity index (χ1v) is 8.01. The maximum absolute atomic E-state index is 10.6. The topological polar surface area (TPSA) is 32.3 Å². The van der Waals surface area contributed by atoms with Crippen molar-refractivity contribution in [3.05, 3.63) is 33.6 Å². The quantitative estimate of drug-likeness (QED) is 0.879. The monoisotopic (exact) mass is 325 g/mol. The van der Waals surface area contributed by atoms with Gasteiger partial charge >= 0.3 is 0 Å². The molecule has 0 spiro atoms. The molecule has 3 rings (SSSR count). The summed E-state index contributed by atoms with van der Waals surface area (Å²) >= 11 is 5.27. The maximum Gasteiger partial charge on any atom is 0.0956 e. The van der Waals surface area contributed by atoms with Crippen molar-refractivity contribution in [2.45, 2.75) is 31.4 Å². The van der Waals surface area contributed by atoms with Crippen LogP contribution in [0.2, 0.25) is 0 Å². The Balaban J connectivity index is 1.96. The molecule has 0 saturated carbocycles. The fourth-order valence-corrected chi connectivity index (χ4v) is 4.29. The highest BCUT2D eigenvalue weighted by molar-refractivity contribution is 9.10. The largest absolute Gasteiger partial charge is 0.387 e. The lowest BCUT2D eigenvalue weighted by Gasteiger charge is -2.28. The van der Waals surface area contributed by atoms with Crippen LogP contribution in [0, 0.1) is 0 Å². The van der Waals surface area contributed by atoms with Crippen LogP contribution in [0.1, 0.15) is 30.9 Å². The number of hydrogen-bond donors (Lipinski definition) is 2. The Labute approximate surface area is 119 Å². The summed E-state index contributed by atoms with van der Waals surface area (Å²) < 4.78 is 2.34. The molecule has 18 heavy (non-hydrogen) atoms. The third-order valence-corrected chi connectivity index (χ3v) is 5.60. The summed E-state index contributed by atoms with van der Waals surface area (Å²) in [6.07, 6.45) is 3.10. The van der Waals surface area contributed by atoms with E-state index in [-0.39, 0.29) is 6.04 Å². The van der Waals surface area contributed by atoms with Crippen LogP contribution in [0.4, 0.5) is 0 Å². The van der Waals surface area contributed by atoms with Crippen molar-refractivity contribution in [1.82, 2.24) is 5.32 Å². The number of nitrogens with one attached hydrogen (secondary N) is 1. The zero-order chi connectivity index (χ0) is 12.5. The molecule has 2 unspecified atom stereocenters. The average Bonchev–Trinajstić information content (AvgIpc) is 2.84. The van der Waals surface area contributed by atoms with Gasteiger partial charge in [0.25, 0.3) is 0 Å². The number of halogens is 1. The molecular weight excluding hydrogens is 310 g/mol. The predicted molar refractivity (Wildman–Crippen MR) is 80.1 cm³/mol. The van der Waals surface area contributed by atoms with Gasteiger partial charge in [-0.2, -0.15) is 0 Å². The highest BCUT2D eigenvalue weighted by atomic mass is 79.9. The van der Waals surface area contributed by atoms with Gasteiger partial charge in [-0.3, -0.25) is 0 Å². The average molecular weight is 326 g/mol. The van der Waals surface area contributed by atoms with E-state index in [1.54, 1.807) is 11.3 Å². The molecule has 2 aromatic rings. The van der Waals surface area contributed by atoms with Gasteiger partial charge in [-0.25, -0.2) is 0 Å². The van der Waals surface area contributed by atoms with E-state index in [0.717, 1.165) is 23.0 Å². The molecule has 1 fully saturated rings. The molecule has 0 amide bonds. The minimum atomic E-state index is -0.395. The van der Waals surface area contributed by atoms with Crippen molar-refractivity contribution in [2.75, 3.05) is 6.54 Å². The van der Waals surface area contributed by atoms with E-state index in [4.69, 9.17) is 0 Å². The summed E-state index contributed by atoms with van der Waals surface area (Å²) in [5.74, 6) is 0. The molecule has 0 aliphatic carbocycles. The number of aliphatic hydroxyl groups is 1. The van der Waals surface area contributed by atoms with Crippen molar-refractivity contribution in [3.63, 3.8) is 0 Å². The van der Waals surface area contributed by atoms with Crippen LogP contribution in [0.3, 0.4) is 0 Å². The Hall–Kier alpha value is -0.420. The first-order valence-electron chi connectivity index (χ1n) is 6.34. The van der Waals surface area contributed by atoms with Crippen LogP contribution in [-0.4, -0.2) is 17.7 Å². The SMILES string of the molecule is OC(c1csc2c(Br)cccc12)C1CCCCN1.